The quantitative estimate of drug-likeness (QED) is 0.812. The van der Waals surface area contributed by atoms with Crippen molar-refractivity contribution in [1.82, 2.24) is 15.6 Å². The Bertz CT molecular complexity index is 293. The molecular weight excluding hydrogens is 198 g/mol. The molecule has 0 aromatic carbocycles. The van der Waals surface area contributed by atoms with Crippen LogP contribution in [0.3, 0.4) is 0 Å². The van der Waals surface area contributed by atoms with Gasteiger partial charge in [-0.15, -0.1) is 0 Å². The lowest BCUT2D eigenvalue weighted by molar-refractivity contribution is 0.370. The molecule has 1 aliphatic rings. The van der Waals surface area contributed by atoms with E-state index in [2.05, 4.69) is 28.6 Å². The fourth-order valence-corrected chi connectivity index (χ4v) is 2.15. The molecule has 2 heterocycles. The molecule has 0 aliphatic carbocycles. The van der Waals surface area contributed by atoms with E-state index in [1.807, 2.05) is 18.3 Å². The zero-order valence-electron chi connectivity index (χ0n) is 9.95. The van der Waals surface area contributed by atoms with Crippen molar-refractivity contribution in [2.45, 2.75) is 38.3 Å². The van der Waals surface area contributed by atoms with Gasteiger partial charge in [-0.3, -0.25) is 4.98 Å². The number of nitrogens with zero attached hydrogens (tertiary/aromatic N) is 1. The summed E-state index contributed by atoms with van der Waals surface area (Å²) in [4.78, 5) is 4.36. The summed E-state index contributed by atoms with van der Waals surface area (Å²) in [5.41, 5.74) is 1.12. The van der Waals surface area contributed by atoms with Gasteiger partial charge in [0.15, 0.2) is 0 Å². The van der Waals surface area contributed by atoms with Gasteiger partial charge in [0.2, 0.25) is 0 Å². The maximum atomic E-state index is 4.36. The van der Waals surface area contributed by atoms with Gasteiger partial charge in [0.25, 0.3) is 0 Å². The van der Waals surface area contributed by atoms with E-state index in [4.69, 9.17) is 0 Å². The van der Waals surface area contributed by atoms with Crippen molar-refractivity contribution in [1.29, 1.82) is 0 Å². The minimum Gasteiger partial charge on any atom is -0.313 e. The van der Waals surface area contributed by atoms with E-state index in [1.165, 1.54) is 25.8 Å². The van der Waals surface area contributed by atoms with Crippen LogP contribution in [-0.4, -0.2) is 24.1 Å². The molecule has 16 heavy (non-hydrogen) atoms. The Morgan fingerprint density at radius 2 is 2.44 bits per heavy atom. The first-order valence-electron chi connectivity index (χ1n) is 6.24. The van der Waals surface area contributed by atoms with Gasteiger partial charge < -0.3 is 10.6 Å². The average Bonchev–Trinajstić information content (AvgIpc) is 2.38. The number of piperidine rings is 1. The normalized spacial score (nSPS) is 22.9. The predicted molar refractivity (Wildman–Crippen MR) is 66.3 cm³/mol. The van der Waals surface area contributed by atoms with Gasteiger partial charge in [-0.2, -0.15) is 0 Å². The van der Waals surface area contributed by atoms with Gasteiger partial charge in [-0.25, -0.2) is 0 Å². The van der Waals surface area contributed by atoms with E-state index in [1.54, 1.807) is 0 Å². The highest BCUT2D eigenvalue weighted by molar-refractivity contribution is 5.07. The Hall–Kier alpha value is -0.930. The minimum absolute atomic E-state index is 0.338. The fourth-order valence-electron chi connectivity index (χ4n) is 2.15. The number of pyridine rings is 1. The molecule has 1 aromatic heterocycles. The van der Waals surface area contributed by atoms with Gasteiger partial charge in [-0.1, -0.05) is 12.5 Å². The number of hydrogen-bond donors (Lipinski definition) is 2. The summed E-state index contributed by atoms with van der Waals surface area (Å²) in [6.45, 7) is 4.38. The lowest BCUT2D eigenvalue weighted by atomic mass is 10.0. The zero-order chi connectivity index (χ0) is 11.2. The van der Waals surface area contributed by atoms with Crippen molar-refractivity contribution >= 4 is 0 Å². The van der Waals surface area contributed by atoms with E-state index < -0.39 is 0 Å². The summed E-state index contributed by atoms with van der Waals surface area (Å²) in [5.74, 6) is 0. The predicted octanol–water partition coefficient (Wildman–Crippen LogP) is 1.87. The molecule has 3 nitrogen and oxygen atoms in total. The maximum absolute atomic E-state index is 4.36. The Morgan fingerprint density at radius 3 is 3.12 bits per heavy atom. The molecule has 3 heteroatoms. The second-order valence-corrected chi connectivity index (χ2v) is 4.53. The van der Waals surface area contributed by atoms with Crippen molar-refractivity contribution in [3.63, 3.8) is 0 Å². The van der Waals surface area contributed by atoms with Crippen LogP contribution >= 0.6 is 0 Å². The number of rotatable bonds is 4. The Balaban J connectivity index is 1.77. The van der Waals surface area contributed by atoms with Crippen LogP contribution < -0.4 is 10.6 Å². The maximum Gasteiger partial charge on any atom is 0.0570 e. The summed E-state index contributed by atoms with van der Waals surface area (Å²) in [6, 6.07) is 7.05. The highest BCUT2D eigenvalue weighted by Crippen LogP contribution is 2.10. The van der Waals surface area contributed by atoms with Crippen LogP contribution in [0.25, 0.3) is 0 Å². The molecule has 88 valence electrons. The van der Waals surface area contributed by atoms with Crippen LogP contribution in [0, 0.1) is 0 Å². The largest absolute Gasteiger partial charge is 0.313 e. The third-order valence-corrected chi connectivity index (χ3v) is 3.21. The minimum atomic E-state index is 0.338. The summed E-state index contributed by atoms with van der Waals surface area (Å²) in [7, 11) is 0. The van der Waals surface area contributed by atoms with Crippen LogP contribution in [0.1, 0.15) is 37.9 Å². The third-order valence-electron chi connectivity index (χ3n) is 3.21. The van der Waals surface area contributed by atoms with Gasteiger partial charge in [0, 0.05) is 24.8 Å². The Labute approximate surface area is 97.7 Å². The molecule has 1 saturated heterocycles. The van der Waals surface area contributed by atoms with Crippen molar-refractivity contribution in [2.75, 3.05) is 13.1 Å². The molecule has 2 atom stereocenters. The molecule has 2 rings (SSSR count). The third kappa shape index (κ3) is 3.29. The van der Waals surface area contributed by atoms with E-state index >= 15 is 0 Å². The summed E-state index contributed by atoms with van der Waals surface area (Å²) >= 11 is 0. The van der Waals surface area contributed by atoms with Crippen LogP contribution in [0.4, 0.5) is 0 Å². The van der Waals surface area contributed by atoms with Crippen molar-refractivity contribution in [3.8, 4) is 0 Å². The number of aromatic nitrogens is 1. The molecule has 2 N–H and O–H groups in total. The van der Waals surface area contributed by atoms with Crippen LogP contribution in [0.5, 0.6) is 0 Å². The average molecular weight is 219 g/mol. The molecular formula is C13H21N3. The summed E-state index contributed by atoms with van der Waals surface area (Å²) in [6.07, 6.45) is 5.83. The molecule has 1 aliphatic heterocycles. The summed E-state index contributed by atoms with van der Waals surface area (Å²) in [5, 5.41) is 7.09. The second-order valence-electron chi connectivity index (χ2n) is 4.53. The lowest BCUT2D eigenvalue weighted by Gasteiger charge is -2.25. The molecule has 0 saturated carbocycles. The highest BCUT2D eigenvalue weighted by Gasteiger charge is 2.13. The van der Waals surface area contributed by atoms with E-state index in [9.17, 15) is 0 Å². The van der Waals surface area contributed by atoms with Crippen molar-refractivity contribution in [3.05, 3.63) is 30.1 Å². The van der Waals surface area contributed by atoms with E-state index in [0.29, 0.717) is 12.1 Å². The summed E-state index contributed by atoms with van der Waals surface area (Å²) < 4.78 is 0. The van der Waals surface area contributed by atoms with Gasteiger partial charge in [0.05, 0.1) is 5.69 Å². The van der Waals surface area contributed by atoms with Crippen LogP contribution in [0.15, 0.2) is 24.4 Å². The SMILES string of the molecule is C[C@@H](NCC1CCCCN1)c1ccccn1. The first kappa shape index (κ1) is 11.6. The molecule has 0 radical (unpaired) electrons. The molecule has 1 aromatic rings. The molecule has 1 unspecified atom stereocenters. The molecule has 0 bridgehead atoms. The lowest BCUT2D eigenvalue weighted by Crippen LogP contribution is -2.42. The highest BCUT2D eigenvalue weighted by atomic mass is 15.0. The van der Waals surface area contributed by atoms with Crippen LogP contribution in [0.2, 0.25) is 0 Å². The molecule has 0 amide bonds. The van der Waals surface area contributed by atoms with Crippen molar-refractivity contribution < 1.29 is 0 Å². The monoisotopic (exact) mass is 219 g/mol. The first-order chi connectivity index (χ1) is 7.86. The Kier molecular flexibility index (Phi) is 4.31. The van der Waals surface area contributed by atoms with Gasteiger partial charge in [-0.05, 0) is 38.4 Å². The van der Waals surface area contributed by atoms with Crippen LogP contribution in [-0.2, 0) is 0 Å². The number of nitrogens with one attached hydrogen (secondary N) is 2. The standard InChI is InChI=1S/C13H21N3/c1-11(13-7-3-5-9-15-13)16-10-12-6-2-4-8-14-12/h3,5,7,9,11-12,14,16H,2,4,6,8,10H2,1H3/t11-,12?/m1/s1. The Morgan fingerprint density at radius 1 is 1.50 bits per heavy atom. The molecule has 0 spiro atoms. The van der Waals surface area contributed by atoms with Gasteiger partial charge >= 0.3 is 0 Å². The second kappa shape index (κ2) is 5.97. The smallest absolute Gasteiger partial charge is 0.0570 e. The topological polar surface area (TPSA) is 37.0 Å². The van der Waals surface area contributed by atoms with E-state index in [-0.39, 0.29) is 0 Å². The zero-order valence-corrected chi connectivity index (χ0v) is 9.95. The number of hydrogen-bond acceptors (Lipinski definition) is 3. The van der Waals surface area contributed by atoms with Gasteiger partial charge in [0.1, 0.15) is 0 Å². The van der Waals surface area contributed by atoms with E-state index in [0.717, 1.165) is 12.2 Å². The first-order valence-corrected chi connectivity index (χ1v) is 6.24. The fraction of sp³-hybridized carbons (Fsp3) is 0.615. The van der Waals surface area contributed by atoms with Crippen molar-refractivity contribution in [2.24, 2.45) is 0 Å². The molecule has 1 fully saturated rings.